The molecule has 4 nitrogen and oxygen atoms in total. The van der Waals surface area contributed by atoms with Gasteiger partial charge in [0, 0.05) is 19.1 Å². The highest BCUT2D eigenvalue weighted by molar-refractivity contribution is 5.74. The number of hydrogen-bond acceptors (Lipinski definition) is 2. The largest absolute Gasteiger partial charge is 0.393 e. The summed E-state index contributed by atoms with van der Waals surface area (Å²) in [6.45, 7) is 5.53. The summed E-state index contributed by atoms with van der Waals surface area (Å²) < 4.78 is 0. The number of aliphatic hydroxyl groups is 1. The van der Waals surface area contributed by atoms with Crippen LogP contribution in [-0.4, -0.2) is 41.3 Å². The molecule has 0 aromatic rings. The van der Waals surface area contributed by atoms with E-state index in [1.165, 1.54) is 38.5 Å². The first-order chi connectivity index (χ1) is 10.6. The average molecular weight is 310 g/mol. The lowest BCUT2D eigenvalue weighted by molar-refractivity contribution is 0.0793. The van der Waals surface area contributed by atoms with Crippen LogP contribution in [0.15, 0.2) is 0 Å². The molecule has 4 heteroatoms. The van der Waals surface area contributed by atoms with Crippen molar-refractivity contribution in [2.45, 2.75) is 83.8 Å². The standard InChI is InChI=1S/C18H34N2O2/c1-14(8-9-16-6-4-3-5-7-16)19-18(22)20-12-10-17(11-13-20)15(2)21/h14-17,21H,3-13H2,1-2H3,(H,19,22). The zero-order chi connectivity index (χ0) is 15.9. The fourth-order valence-corrected chi connectivity index (χ4v) is 3.92. The molecule has 0 aromatic carbocycles. The molecule has 0 radical (unpaired) electrons. The Kier molecular flexibility index (Phi) is 7.00. The van der Waals surface area contributed by atoms with Gasteiger partial charge in [0.2, 0.25) is 0 Å². The number of urea groups is 1. The molecule has 0 spiro atoms. The number of rotatable bonds is 5. The molecular weight excluding hydrogens is 276 g/mol. The smallest absolute Gasteiger partial charge is 0.317 e. The van der Waals surface area contributed by atoms with Gasteiger partial charge in [-0.25, -0.2) is 4.79 Å². The molecule has 2 unspecified atom stereocenters. The molecular formula is C18H34N2O2. The van der Waals surface area contributed by atoms with Crippen molar-refractivity contribution < 1.29 is 9.90 Å². The van der Waals surface area contributed by atoms with Crippen LogP contribution in [0.1, 0.15) is 71.6 Å². The summed E-state index contributed by atoms with van der Waals surface area (Å²) in [4.78, 5) is 14.2. The zero-order valence-corrected chi connectivity index (χ0v) is 14.4. The van der Waals surface area contributed by atoms with E-state index >= 15 is 0 Å². The second kappa shape index (κ2) is 8.76. The minimum Gasteiger partial charge on any atom is -0.393 e. The number of hydrogen-bond donors (Lipinski definition) is 2. The highest BCUT2D eigenvalue weighted by Crippen LogP contribution is 2.27. The summed E-state index contributed by atoms with van der Waals surface area (Å²) in [5, 5.41) is 12.8. The molecule has 0 bridgehead atoms. The summed E-state index contributed by atoms with van der Waals surface area (Å²) in [6.07, 6.45) is 10.9. The van der Waals surface area contributed by atoms with Crippen molar-refractivity contribution in [3.05, 3.63) is 0 Å². The molecule has 1 heterocycles. The van der Waals surface area contributed by atoms with Gasteiger partial charge in [-0.05, 0) is 51.4 Å². The Hall–Kier alpha value is -0.770. The predicted octanol–water partition coefficient (Wildman–Crippen LogP) is 3.54. The molecule has 1 aliphatic carbocycles. The lowest BCUT2D eigenvalue weighted by Crippen LogP contribution is -2.48. The van der Waals surface area contributed by atoms with Gasteiger partial charge >= 0.3 is 6.03 Å². The van der Waals surface area contributed by atoms with E-state index < -0.39 is 0 Å². The Labute approximate surface area is 135 Å². The van der Waals surface area contributed by atoms with Crippen LogP contribution in [0.5, 0.6) is 0 Å². The summed E-state index contributed by atoms with van der Waals surface area (Å²) in [5.41, 5.74) is 0. The summed E-state index contributed by atoms with van der Waals surface area (Å²) in [7, 11) is 0. The van der Waals surface area contributed by atoms with Crippen molar-refractivity contribution >= 4 is 6.03 Å². The fourth-order valence-electron chi connectivity index (χ4n) is 3.92. The number of aliphatic hydroxyl groups excluding tert-OH is 1. The monoisotopic (exact) mass is 310 g/mol. The van der Waals surface area contributed by atoms with Crippen LogP contribution in [0, 0.1) is 11.8 Å². The molecule has 2 fully saturated rings. The topological polar surface area (TPSA) is 52.6 Å². The van der Waals surface area contributed by atoms with Gasteiger partial charge in [0.15, 0.2) is 0 Å². The molecule has 1 aliphatic heterocycles. The summed E-state index contributed by atoms with van der Waals surface area (Å²) >= 11 is 0. The van der Waals surface area contributed by atoms with Gasteiger partial charge in [-0.3, -0.25) is 0 Å². The molecule has 22 heavy (non-hydrogen) atoms. The number of carbonyl (C=O) groups is 1. The van der Waals surface area contributed by atoms with Crippen molar-refractivity contribution in [2.75, 3.05) is 13.1 Å². The van der Waals surface area contributed by atoms with Crippen molar-refractivity contribution in [3.63, 3.8) is 0 Å². The number of likely N-dealkylation sites (tertiary alicyclic amines) is 1. The Morgan fingerprint density at radius 2 is 1.77 bits per heavy atom. The van der Waals surface area contributed by atoms with Gasteiger partial charge in [0.1, 0.15) is 0 Å². The van der Waals surface area contributed by atoms with Crippen LogP contribution in [-0.2, 0) is 0 Å². The van der Waals surface area contributed by atoms with Gasteiger partial charge in [0.05, 0.1) is 6.10 Å². The minimum absolute atomic E-state index is 0.0835. The van der Waals surface area contributed by atoms with E-state index in [0.29, 0.717) is 5.92 Å². The zero-order valence-electron chi connectivity index (χ0n) is 14.4. The van der Waals surface area contributed by atoms with Crippen molar-refractivity contribution in [3.8, 4) is 0 Å². The average Bonchev–Trinajstić information content (AvgIpc) is 2.54. The fraction of sp³-hybridized carbons (Fsp3) is 0.944. The van der Waals surface area contributed by atoms with Gasteiger partial charge in [-0.15, -0.1) is 0 Å². The van der Waals surface area contributed by atoms with Crippen LogP contribution in [0.4, 0.5) is 4.79 Å². The van der Waals surface area contributed by atoms with Crippen LogP contribution in [0.3, 0.4) is 0 Å². The minimum atomic E-state index is -0.250. The van der Waals surface area contributed by atoms with Crippen molar-refractivity contribution in [2.24, 2.45) is 11.8 Å². The molecule has 1 saturated carbocycles. The molecule has 2 atom stereocenters. The van der Waals surface area contributed by atoms with E-state index in [1.54, 1.807) is 0 Å². The van der Waals surface area contributed by atoms with E-state index in [9.17, 15) is 9.90 Å². The SMILES string of the molecule is CC(CCC1CCCCC1)NC(=O)N1CCC(C(C)O)CC1. The maximum atomic E-state index is 12.3. The first-order valence-electron chi connectivity index (χ1n) is 9.29. The lowest BCUT2D eigenvalue weighted by Gasteiger charge is -2.34. The van der Waals surface area contributed by atoms with Crippen LogP contribution < -0.4 is 5.32 Å². The van der Waals surface area contributed by atoms with Gasteiger partial charge < -0.3 is 15.3 Å². The van der Waals surface area contributed by atoms with Crippen molar-refractivity contribution in [1.29, 1.82) is 0 Å². The van der Waals surface area contributed by atoms with E-state index in [0.717, 1.165) is 38.3 Å². The Morgan fingerprint density at radius 3 is 2.36 bits per heavy atom. The number of nitrogens with zero attached hydrogens (tertiary/aromatic N) is 1. The third-order valence-corrected chi connectivity index (χ3v) is 5.61. The first-order valence-corrected chi connectivity index (χ1v) is 9.29. The second-order valence-corrected chi connectivity index (χ2v) is 7.50. The molecule has 2 N–H and O–H groups in total. The number of carbonyl (C=O) groups excluding carboxylic acids is 1. The highest BCUT2D eigenvalue weighted by Gasteiger charge is 2.26. The molecule has 2 aliphatic rings. The van der Waals surface area contributed by atoms with E-state index in [2.05, 4.69) is 12.2 Å². The van der Waals surface area contributed by atoms with Gasteiger partial charge in [0.25, 0.3) is 0 Å². The second-order valence-electron chi connectivity index (χ2n) is 7.50. The maximum absolute atomic E-state index is 12.3. The Balaban J connectivity index is 1.63. The Morgan fingerprint density at radius 1 is 1.14 bits per heavy atom. The highest BCUT2D eigenvalue weighted by atomic mass is 16.3. The molecule has 2 rings (SSSR count). The maximum Gasteiger partial charge on any atom is 0.317 e. The first kappa shape index (κ1) is 17.6. The van der Waals surface area contributed by atoms with Gasteiger partial charge in [-0.1, -0.05) is 32.1 Å². The summed E-state index contributed by atoms with van der Waals surface area (Å²) in [6, 6.07) is 0.351. The number of nitrogens with one attached hydrogen (secondary N) is 1. The van der Waals surface area contributed by atoms with E-state index in [-0.39, 0.29) is 18.2 Å². The van der Waals surface area contributed by atoms with Crippen LogP contribution in [0.2, 0.25) is 0 Å². The van der Waals surface area contributed by atoms with Crippen molar-refractivity contribution in [1.82, 2.24) is 10.2 Å². The third-order valence-electron chi connectivity index (χ3n) is 5.61. The van der Waals surface area contributed by atoms with Crippen LogP contribution >= 0.6 is 0 Å². The van der Waals surface area contributed by atoms with Crippen LogP contribution in [0.25, 0.3) is 0 Å². The van der Waals surface area contributed by atoms with Gasteiger partial charge in [-0.2, -0.15) is 0 Å². The lowest BCUT2D eigenvalue weighted by atomic mass is 9.85. The van der Waals surface area contributed by atoms with E-state index in [1.807, 2.05) is 11.8 Å². The molecule has 0 aromatic heterocycles. The quantitative estimate of drug-likeness (QED) is 0.816. The molecule has 2 amide bonds. The molecule has 128 valence electrons. The number of piperidine rings is 1. The normalized spacial score (nSPS) is 24.0. The predicted molar refractivity (Wildman–Crippen MR) is 89.8 cm³/mol. The summed E-state index contributed by atoms with van der Waals surface area (Å²) in [5.74, 6) is 1.24. The third kappa shape index (κ3) is 5.45. The van der Waals surface area contributed by atoms with E-state index in [4.69, 9.17) is 0 Å². The Bertz CT molecular complexity index is 332. The molecule has 1 saturated heterocycles. The number of amides is 2.